The van der Waals surface area contributed by atoms with E-state index in [-0.39, 0.29) is 18.2 Å². The number of hydrogen-bond donors (Lipinski definition) is 4. The first kappa shape index (κ1) is 26.0. The lowest BCUT2D eigenvalue weighted by atomic mass is 10.0. The molecule has 5 rings (SSSR count). The van der Waals surface area contributed by atoms with Gasteiger partial charge in [-0.2, -0.15) is 5.10 Å². The van der Waals surface area contributed by atoms with Gasteiger partial charge in [-0.25, -0.2) is 4.98 Å². The second-order valence-electron chi connectivity index (χ2n) is 9.89. The van der Waals surface area contributed by atoms with Crippen molar-refractivity contribution in [3.8, 4) is 11.3 Å². The maximum absolute atomic E-state index is 13.2. The number of carbonyl (C=O) groups excluding carboxylic acids is 2. The molecule has 39 heavy (non-hydrogen) atoms. The molecule has 0 spiro atoms. The molecule has 3 heterocycles. The molecular formula is C29H32N8O2. The van der Waals surface area contributed by atoms with Crippen LogP contribution in [0.5, 0.6) is 0 Å². The number of nitrogens with zero attached hydrogens (tertiary/aromatic N) is 4. The number of rotatable bonds is 9. The third-order valence-corrected chi connectivity index (χ3v) is 6.95. The first-order valence-corrected chi connectivity index (χ1v) is 13.1. The molecule has 1 aliphatic heterocycles. The van der Waals surface area contributed by atoms with Crippen LogP contribution in [0.3, 0.4) is 0 Å². The fourth-order valence-electron chi connectivity index (χ4n) is 4.58. The maximum Gasteiger partial charge on any atom is 0.270 e. The molecule has 2 unspecified atom stereocenters. The maximum atomic E-state index is 13.2. The van der Waals surface area contributed by atoms with Crippen molar-refractivity contribution in [2.45, 2.75) is 44.6 Å². The molecule has 1 aliphatic carbocycles. The van der Waals surface area contributed by atoms with Gasteiger partial charge in [0, 0.05) is 48.8 Å². The van der Waals surface area contributed by atoms with E-state index in [2.05, 4.69) is 32.7 Å². The molecule has 1 saturated carbocycles. The molecule has 2 amide bonds. The van der Waals surface area contributed by atoms with Crippen molar-refractivity contribution in [1.29, 1.82) is 5.41 Å². The number of fused-ring (bicyclic) bond motifs is 1. The average Bonchev–Trinajstić information content (AvgIpc) is 3.54. The first-order chi connectivity index (χ1) is 19.0. The SMILES string of the molecule is CN=C(C(=O)NC1=CCC(C)c2nc(-c3ccccc3)cn2C=C1)C(C=N)C(=O)NCc1cc(C2CC2)n[nH]1. The Morgan fingerprint density at radius 1 is 1.28 bits per heavy atom. The fourth-order valence-corrected chi connectivity index (χ4v) is 4.58. The number of aromatic nitrogens is 4. The van der Waals surface area contributed by atoms with Crippen molar-refractivity contribution >= 4 is 29.9 Å². The molecule has 1 fully saturated rings. The number of carbonyl (C=O) groups is 2. The summed E-state index contributed by atoms with van der Waals surface area (Å²) in [6.45, 7) is 2.32. The minimum Gasteiger partial charge on any atom is -0.350 e. The Hall–Kier alpha value is -4.60. The topological polar surface area (TPSA) is 141 Å². The zero-order valence-corrected chi connectivity index (χ0v) is 22.0. The minimum absolute atomic E-state index is 0.0372. The number of H-pyrrole nitrogens is 1. The summed E-state index contributed by atoms with van der Waals surface area (Å²) < 4.78 is 1.97. The van der Waals surface area contributed by atoms with E-state index in [4.69, 9.17) is 10.4 Å². The van der Waals surface area contributed by atoms with Crippen LogP contribution in [-0.2, 0) is 16.1 Å². The van der Waals surface area contributed by atoms with E-state index in [9.17, 15) is 9.59 Å². The van der Waals surface area contributed by atoms with Gasteiger partial charge in [-0.05, 0) is 31.4 Å². The minimum atomic E-state index is -1.12. The van der Waals surface area contributed by atoms with E-state index in [1.807, 2.05) is 59.4 Å². The largest absolute Gasteiger partial charge is 0.350 e. The summed E-state index contributed by atoms with van der Waals surface area (Å²) in [6, 6.07) is 11.9. The van der Waals surface area contributed by atoms with Gasteiger partial charge in [-0.3, -0.25) is 19.7 Å². The molecule has 10 nitrogen and oxygen atoms in total. The van der Waals surface area contributed by atoms with Gasteiger partial charge in [0.1, 0.15) is 17.5 Å². The van der Waals surface area contributed by atoms with Crippen LogP contribution in [0.1, 0.15) is 55.2 Å². The van der Waals surface area contributed by atoms with E-state index in [0.717, 1.165) is 47.5 Å². The molecule has 3 aromatic rings. The van der Waals surface area contributed by atoms with Crippen LogP contribution in [0.2, 0.25) is 0 Å². The van der Waals surface area contributed by atoms with Crippen LogP contribution in [0.25, 0.3) is 17.5 Å². The van der Waals surface area contributed by atoms with Crippen LogP contribution in [0.15, 0.2) is 65.4 Å². The molecule has 0 radical (unpaired) electrons. The van der Waals surface area contributed by atoms with Crippen LogP contribution in [-0.4, -0.2) is 50.5 Å². The van der Waals surface area contributed by atoms with Gasteiger partial charge in [-0.15, -0.1) is 0 Å². The second kappa shape index (κ2) is 11.4. The van der Waals surface area contributed by atoms with Gasteiger partial charge < -0.3 is 20.6 Å². The van der Waals surface area contributed by atoms with E-state index in [0.29, 0.717) is 18.0 Å². The highest BCUT2D eigenvalue weighted by Crippen LogP contribution is 2.39. The van der Waals surface area contributed by atoms with Gasteiger partial charge in [-0.1, -0.05) is 43.3 Å². The highest BCUT2D eigenvalue weighted by atomic mass is 16.2. The van der Waals surface area contributed by atoms with Crippen molar-refractivity contribution < 1.29 is 9.59 Å². The molecule has 2 aliphatic rings. The first-order valence-electron chi connectivity index (χ1n) is 13.1. The molecule has 2 aromatic heterocycles. The predicted molar refractivity (Wildman–Crippen MR) is 150 cm³/mol. The molecule has 0 saturated heterocycles. The number of aromatic amines is 1. The Bertz CT molecular complexity index is 1460. The lowest BCUT2D eigenvalue weighted by molar-refractivity contribution is -0.122. The van der Waals surface area contributed by atoms with Crippen molar-refractivity contribution in [2.24, 2.45) is 10.9 Å². The highest BCUT2D eigenvalue weighted by Gasteiger charge is 2.29. The number of hydrogen-bond acceptors (Lipinski definition) is 6. The number of allylic oxidation sites excluding steroid dienone is 2. The summed E-state index contributed by atoms with van der Waals surface area (Å²) in [6.07, 6.45) is 11.4. The number of amides is 2. The van der Waals surface area contributed by atoms with Gasteiger partial charge in [0.15, 0.2) is 0 Å². The van der Waals surface area contributed by atoms with Gasteiger partial charge in [0.2, 0.25) is 5.91 Å². The zero-order valence-electron chi connectivity index (χ0n) is 22.0. The van der Waals surface area contributed by atoms with Crippen molar-refractivity contribution in [3.05, 3.63) is 77.7 Å². The molecule has 1 aromatic carbocycles. The summed E-state index contributed by atoms with van der Waals surface area (Å²) in [5.41, 5.74) is 4.25. The second-order valence-corrected chi connectivity index (χ2v) is 9.89. The summed E-state index contributed by atoms with van der Waals surface area (Å²) in [4.78, 5) is 35.0. The number of benzene rings is 1. The molecule has 10 heteroatoms. The zero-order chi connectivity index (χ0) is 27.4. The molecular weight excluding hydrogens is 492 g/mol. The van der Waals surface area contributed by atoms with Crippen LogP contribution in [0, 0.1) is 11.3 Å². The quantitative estimate of drug-likeness (QED) is 0.316. The summed E-state index contributed by atoms with van der Waals surface area (Å²) in [7, 11) is 1.45. The average molecular weight is 525 g/mol. The third kappa shape index (κ3) is 5.95. The van der Waals surface area contributed by atoms with Gasteiger partial charge in [0.25, 0.3) is 5.91 Å². The van der Waals surface area contributed by atoms with Crippen molar-refractivity contribution in [1.82, 2.24) is 30.4 Å². The highest BCUT2D eigenvalue weighted by molar-refractivity contribution is 6.46. The number of nitrogens with one attached hydrogen (secondary N) is 4. The molecule has 4 N–H and O–H groups in total. The van der Waals surface area contributed by atoms with Crippen LogP contribution < -0.4 is 10.6 Å². The summed E-state index contributed by atoms with van der Waals surface area (Å²) in [5.74, 6) is -0.569. The Balaban J connectivity index is 1.25. The molecule has 200 valence electrons. The Morgan fingerprint density at radius 2 is 2.08 bits per heavy atom. The van der Waals surface area contributed by atoms with Gasteiger partial charge >= 0.3 is 0 Å². The lowest BCUT2D eigenvalue weighted by Gasteiger charge is -2.17. The van der Waals surface area contributed by atoms with E-state index in [1.165, 1.54) is 7.05 Å². The predicted octanol–water partition coefficient (Wildman–Crippen LogP) is 3.78. The van der Waals surface area contributed by atoms with Gasteiger partial charge in [0.05, 0.1) is 23.6 Å². The smallest absolute Gasteiger partial charge is 0.270 e. The van der Waals surface area contributed by atoms with Crippen LogP contribution >= 0.6 is 0 Å². The lowest BCUT2D eigenvalue weighted by Crippen LogP contribution is -2.43. The number of imidazole rings is 1. The van der Waals surface area contributed by atoms with E-state index < -0.39 is 17.7 Å². The fraction of sp³-hybridized carbons (Fsp3) is 0.310. The Morgan fingerprint density at radius 3 is 2.79 bits per heavy atom. The molecule has 0 bridgehead atoms. The Kier molecular flexibility index (Phi) is 7.62. The van der Waals surface area contributed by atoms with Crippen LogP contribution in [0.4, 0.5) is 0 Å². The normalized spacial score (nSPS) is 17.8. The monoisotopic (exact) mass is 524 g/mol. The summed E-state index contributed by atoms with van der Waals surface area (Å²) >= 11 is 0. The summed E-state index contributed by atoms with van der Waals surface area (Å²) in [5, 5.41) is 20.7. The standard InChI is InChI=1S/C29H32N8O2/c1-18-8-11-21(12-13-37-17-25(34-27(18)37)19-6-4-3-5-7-19)33-29(39)26(31-2)23(15-30)28(38)32-16-22-14-24(36-35-22)20-9-10-20/h3-7,11-15,17-18,20,23,30H,8-10,16H2,1-2H3,(H,32,38)(H,33,39)(H,35,36). The molecule has 2 atom stereocenters. The van der Waals surface area contributed by atoms with Crippen molar-refractivity contribution in [2.75, 3.05) is 7.05 Å². The number of aliphatic imine (C=N–C) groups is 1. The third-order valence-electron chi connectivity index (χ3n) is 6.95. The Labute approximate surface area is 226 Å². The van der Waals surface area contributed by atoms with E-state index in [1.54, 1.807) is 6.08 Å². The van der Waals surface area contributed by atoms with Crippen molar-refractivity contribution in [3.63, 3.8) is 0 Å². The van der Waals surface area contributed by atoms with E-state index >= 15 is 0 Å².